The lowest BCUT2D eigenvalue weighted by Gasteiger charge is -2.43. The molecule has 3 N–H and O–H groups in total. The van der Waals surface area contributed by atoms with Crippen LogP contribution < -0.4 is 11.1 Å². The quantitative estimate of drug-likeness (QED) is 0.558. The highest BCUT2D eigenvalue weighted by Gasteiger charge is 2.42. The van der Waals surface area contributed by atoms with Gasteiger partial charge in [0.2, 0.25) is 5.91 Å². The van der Waals surface area contributed by atoms with Gasteiger partial charge in [0, 0.05) is 37.3 Å². The molecule has 0 aromatic heterocycles. The van der Waals surface area contributed by atoms with Crippen LogP contribution in [0.3, 0.4) is 0 Å². The molecule has 2 aliphatic carbocycles. The van der Waals surface area contributed by atoms with E-state index in [1.807, 2.05) is 36.1 Å². The van der Waals surface area contributed by atoms with Gasteiger partial charge >= 0.3 is 0 Å². The van der Waals surface area contributed by atoms with Crippen molar-refractivity contribution < 1.29 is 9.59 Å². The Balaban J connectivity index is 1.45. The summed E-state index contributed by atoms with van der Waals surface area (Å²) >= 11 is 0. The van der Waals surface area contributed by atoms with Crippen molar-refractivity contribution in [1.82, 2.24) is 15.1 Å². The third kappa shape index (κ3) is 6.85. The fraction of sp³-hybridized carbons (Fsp3) is 0.724. The molecule has 2 atom stereocenters. The Morgan fingerprint density at radius 3 is 2.26 bits per heavy atom. The van der Waals surface area contributed by atoms with Crippen molar-refractivity contribution in [2.75, 3.05) is 26.2 Å². The van der Waals surface area contributed by atoms with Gasteiger partial charge in [0.15, 0.2) is 0 Å². The molecule has 0 spiro atoms. The number of likely N-dealkylation sites (tertiary alicyclic amines) is 1. The normalized spacial score (nSPS) is 27.3. The molecule has 1 heterocycles. The van der Waals surface area contributed by atoms with Crippen LogP contribution in [0.25, 0.3) is 0 Å². The number of nitrogens with two attached hydrogens (primary N) is 1. The molecule has 2 saturated carbocycles. The Bertz CT molecular complexity index is 843. The molecule has 194 valence electrons. The van der Waals surface area contributed by atoms with Crippen molar-refractivity contribution in [3.63, 3.8) is 0 Å². The van der Waals surface area contributed by atoms with Crippen molar-refractivity contribution in [2.45, 2.75) is 90.3 Å². The molecular formula is C29H46N4O2. The largest absolute Gasteiger partial charge is 0.354 e. The van der Waals surface area contributed by atoms with Gasteiger partial charge in [-0.1, -0.05) is 31.5 Å². The summed E-state index contributed by atoms with van der Waals surface area (Å²) in [5.41, 5.74) is 7.66. The third-order valence-electron chi connectivity index (χ3n) is 8.36. The van der Waals surface area contributed by atoms with Crippen LogP contribution >= 0.6 is 0 Å². The maximum atomic E-state index is 13.6. The number of carbonyl (C=O) groups excluding carboxylic acids is 2. The summed E-state index contributed by atoms with van der Waals surface area (Å²) < 4.78 is 0. The van der Waals surface area contributed by atoms with Gasteiger partial charge in [-0.25, -0.2) is 0 Å². The Morgan fingerprint density at radius 2 is 1.66 bits per heavy atom. The number of nitrogens with one attached hydrogen (secondary N) is 1. The zero-order chi connectivity index (χ0) is 24.9. The summed E-state index contributed by atoms with van der Waals surface area (Å²) in [6, 6.07) is 8.35. The molecule has 0 bridgehead atoms. The molecule has 1 aliphatic heterocycles. The molecule has 1 unspecified atom stereocenters. The minimum absolute atomic E-state index is 0.0196. The average molecular weight is 483 g/mol. The SMILES string of the molecule is Cc1ccc(C(=O)N2CCC(N(CC(C)C)C3CC3)C[C@@H]2C(=O)NCC2CCC(CN)CC2)cc1. The number of hydrogen-bond acceptors (Lipinski definition) is 4. The van der Waals surface area contributed by atoms with E-state index in [4.69, 9.17) is 5.73 Å². The molecule has 35 heavy (non-hydrogen) atoms. The first kappa shape index (κ1) is 26.2. The monoisotopic (exact) mass is 482 g/mol. The van der Waals surface area contributed by atoms with Crippen LogP contribution in [0.4, 0.5) is 0 Å². The maximum absolute atomic E-state index is 13.6. The minimum Gasteiger partial charge on any atom is -0.354 e. The summed E-state index contributed by atoms with van der Waals surface area (Å²) in [4.78, 5) is 31.6. The standard InChI is InChI=1S/C29H46N4O2/c1-20(2)19-33(25-12-13-25)26-14-15-32(29(35)24-10-4-21(3)5-11-24)27(16-26)28(34)31-18-23-8-6-22(17-30)7-9-23/h4-5,10-11,20,22-23,25-27H,6-9,12-19,30H2,1-3H3,(H,31,34)/t22?,23?,26?,27-/m1/s1. The van der Waals surface area contributed by atoms with Crippen molar-refractivity contribution in [1.29, 1.82) is 0 Å². The van der Waals surface area contributed by atoms with Crippen LogP contribution in [-0.2, 0) is 4.79 Å². The van der Waals surface area contributed by atoms with Crippen LogP contribution in [0.15, 0.2) is 24.3 Å². The molecular weight excluding hydrogens is 436 g/mol. The molecule has 1 aromatic carbocycles. The number of benzene rings is 1. The van der Waals surface area contributed by atoms with Gasteiger partial charge in [0.25, 0.3) is 5.91 Å². The summed E-state index contributed by atoms with van der Waals surface area (Å²) in [6.07, 6.45) is 8.77. The van der Waals surface area contributed by atoms with Gasteiger partial charge in [0.1, 0.15) is 6.04 Å². The molecule has 1 saturated heterocycles. The number of nitrogens with zero attached hydrogens (tertiary/aromatic N) is 2. The molecule has 6 heteroatoms. The minimum atomic E-state index is -0.406. The van der Waals surface area contributed by atoms with Crippen molar-refractivity contribution in [2.24, 2.45) is 23.5 Å². The van der Waals surface area contributed by atoms with E-state index in [0.717, 1.165) is 57.2 Å². The van der Waals surface area contributed by atoms with Crippen LogP contribution in [0.1, 0.15) is 81.1 Å². The van der Waals surface area contributed by atoms with E-state index in [9.17, 15) is 9.59 Å². The molecule has 1 aromatic rings. The van der Waals surface area contributed by atoms with E-state index in [1.165, 1.54) is 12.8 Å². The van der Waals surface area contributed by atoms with E-state index in [-0.39, 0.29) is 11.8 Å². The lowest BCUT2D eigenvalue weighted by molar-refractivity contribution is -0.128. The number of amides is 2. The predicted octanol–water partition coefficient (Wildman–Crippen LogP) is 3.97. The van der Waals surface area contributed by atoms with E-state index in [1.54, 1.807) is 0 Å². The van der Waals surface area contributed by atoms with Crippen molar-refractivity contribution in [3.05, 3.63) is 35.4 Å². The van der Waals surface area contributed by atoms with Gasteiger partial charge in [-0.2, -0.15) is 0 Å². The van der Waals surface area contributed by atoms with Crippen molar-refractivity contribution in [3.8, 4) is 0 Å². The Morgan fingerprint density at radius 1 is 1.00 bits per heavy atom. The first-order valence-corrected chi connectivity index (χ1v) is 14.0. The van der Waals surface area contributed by atoms with Crippen LogP contribution in [-0.4, -0.2) is 65.9 Å². The molecule has 4 rings (SSSR count). The maximum Gasteiger partial charge on any atom is 0.254 e. The zero-order valence-corrected chi connectivity index (χ0v) is 22.0. The summed E-state index contributed by atoms with van der Waals surface area (Å²) in [6.45, 7) is 9.76. The summed E-state index contributed by atoms with van der Waals surface area (Å²) in [7, 11) is 0. The van der Waals surface area contributed by atoms with E-state index >= 15 is 0 Å². The molecule has 2 amide bonds. The smallest absolute Gasteiger partial charge is 0.254 e. The number of hydrogen-bond donors (Lipinski definition) is 2. The number of rotatable bonds is 9. The van der Waals surface area contributed by atoms with E-state index in [2.05, 4.69) is 24.1 Å². The second kappa shape index (κ2) is 11.9. The molecule has 6 nitrogen and oxygen atoms in total. The van der Waals surface area contributed by atoms with Gasteiger partial charge < -0.3 is 16.0 Å². The molecule has 3 aliphatic rings. The third-order valence-corrected chi connectivity index (χ3v) is 8.36. The molecule has 0 radical (unpaired) electrons. The average Bonchev–Trinajstić information content (AvgIpc) is 3.71. The van der Waals surface area contributed by atoms with Gasteiger partial charge in [-0.05, 0) is 94.7 Å². The van der Waals surface area contributed by atoms with Gasteiger partial charge in [-0.3, -0.25) is 14.5 Å². The summed E-state index contributed by atoms with van der Waals surface area (Å²) in [5.74, 6) is 1.76. The first-order valence-electron chi connectivity index (χ1n) is 14.0. The highest BCUT2D eigenvalue weighted by atomic mass is 16.2. The zero-order valence-electron chi connectivity index (χ0n) is 22.0. The highest BCUT2D eigenvalue weighted by molar-refractivity contribution is 5.97. The number of aryl methyl sites for hydroxylation is 1. The number of carbonyl (C=O) groups is 2. The first-order chi connectivity index (χ1) is 16.9. The van der Waals surface area contributed by atoms with Crippen LogP contribution in [0.2, 0.25) is 0 Å². The lowest BCUT2D eigenvalue weighted by Crippen LogP contribution is -2.58. The Kier molecular flexibility index (Phi) is 8.87. The van der Waals surface area contributed by atoms with E-state index < -0.39 is 6.04 Å². The van der Waals surface area contributed by atoms with Gasteiger partial charge in [0.05, 0.1) is 0 Å². The number of piperidine rings is 1. The van der Waals surface area contributed by atoms with E-state index in [0.29, 0.717) is 48.5 Å². The van der Waals surface area contributed by atoms with Gasteiger partial charge in [-0.15, -0.1) is 0 Å². The highest BCUT2D eigenvalue weighted by Crippen LogP contribution is 2.34. The van der Waals surface area contributed by atoms with Crippen LogP contribution in [0, 0.1) is 24.7 Å². The fourth-order valence-electron chi connectivity index (χ4n) is 6.06. The van der Waals surface area contributed by atoms with Crippen molar-refractivity contribution >= 4 is 11.8 Å². The second-order valence-electron chi connectivity index (χ2n) is 11.7. The lowest BCUT2D eigenvalue weighted by atomic mass is 9.82. The fourth-order valence-corrected chi connectivity index (χ4v) is 6.06. The van der Waals surface area contributed by atoms with Crippen LogP contribution in [0.5, 0.6) is 0 Å². The Hall–Kier alpha value is -1.92. The topological polar surface area (TPSA) is 78.7 Å². The second-order valence-corrected chi connectivity index (χ2v) is 11.7. The molecule has 3 fully saturated rings. The predicted molar refractivity (Wildman–Crippen MR) is 141 cm³/mol. The summed E-state index contributed by atoms with van der Waals surface area (Å²) in [5, 5.41) is 3.26. The Labute approximate surface area is 212 Å².